The summed E-state index contributed by atoms with van der Waals surface area (Å²) in [6, 6.07) is 0. The lowest BCUT2D eigenvalue weighted by molar-refractivity contribution is 0.102. The van der Waals surface area contributed by atoms with E-state index in [9.17, 15) is 0 Å². The monoisotopic (exact) mass is 276 g/mol. The lowest BCUT2D eigenvalue weighted by Crippen LogP contribution is -2.06. The molecular weight excluding hydrogens is 248 g/mol. The number of epoxide rings is 2. The van der Waals surface area contributed by atoms with Crippen molar-refractivity contribution in [1.82, 2.24) is 0 Å². The van der Waals surface area contributed by atoms with E-state index < -0.39 is 0 Å². The SMILES string of the molecule is C(OCC1CO1)C1CO1.OCCCCCCCCO. The van der Waals surface area contributed by atoms with Gasteiger partial charge in [0.15, 0.2) is 0 Å². The highest BCUT2D eigenvalue weighted by Crippen LogP contribution is 2.12. The lowest BCUT2D eigenvalue weighted by Gasteiger charge is -1.97. The molecule has 5 nitrogen and oxygen atoms in total. The van der Waals surface area contributed by atoms with Crippen LogP contribution in [0.2, 0.25) is 0 Å². The van der Waals surface area contributed by atoms with Crippen LogP contribution in [0.1, 0.15) is 38.5 Å². The molecule has 2 aliphatic heterocycles. The molecular formula is C14H28O5. The molecule has 2 saturated heterocycles. The van der Waals surface area contributed by atoms with E-state index in [0.29, 0.717) is 25.4 Å². The minimum absolute atomic E-state index is 0.319. The Morgan fingerprint density at radius 1 is 0.737 bits per heavy atom. The van der Waals surface area contributed by atoms with E-state index in [-0.39, 0.29) is 0 Å². The van der Waals surface area contributed by atoms with Gasteiger partial charge in [-0.2, -0.15) is 0 Å². The molecule has 19 heavy (non-hydrogen) atoms. The number of rotatable bonds is 11. The largest absolute Gasteiger partial charge is 0.396 e. The van der Waals surface area contributed by atoms with Crippen LogP contribution in [0.15, 0.2) is 0 Å². The molecule has 0 spiro atoms. The first-order chi connectivity index (χ1) is 9.36. The molecule has 0 aromatic heterocycles. The first-order valence-corrected chi connectivity index (χ1v) is 7.39. The van der Waals surface area contributed by atoms with E-state index in [2.05, 4.69) is 0 Å². The summed E-state index contributed by atoms with van der Waals surface area (Å²) in [7, 11) is 0. The summed E-state index contributed by atoms with van der Waals surface area (Å²) < 4.78 is 15.1. The molecule has 2 N–H and O–H groups in total. The first-order valence-electron chi connectivity index (χ1n) is 7.39. The fourth-order valence-electron chi connectivity index (χ4n) is 1.59. The molecule has 0 saturated carbocycles. The Bertz CT molecular complexity index is 172. The molecule has 2 aliphatic rings. The van der Waals surface area contributed by atoms with Crippen LogP contribution in [0, 0.1) is 0 Å². The molecule has 0 amide bonds. The molecule has 0 aromatic rings. The Labute approximate surface area is 115 Å². The third-order valence-corrected chi connectivity index (χ3v) is 2.98. The zero-order valence-electron chi connectivity index (χ0n) is 11.8. The second-order valence-electron chi connectivity index (χ2n) is 5.02. The zero-order chi connectivity index (χ0) is 13.8. The Balaban J connectivity index is 0.000000190. The summed E-state index contributed by atoms with van der Waals surface area (Å²) in [4.78, 5) is 0. The summed E-state index contributed by atoms with van der Waals surface area (Å²) in [5.74, 6) is 0. The molecule has 0 aromatic carbocycles. The van der Waals surface area contributed by atoms with Gasteiger partial charge >= 0.3 is 0 Å². The molecule has 2 unspecified atom stereocenters. The van der Waals surface area contributed by atoms with E-state index in [1.165, 1.54) is 12.8 Å². The quantitative estimate of drug-likeness (QED) is 0.437. The van der Waals surface area contributed by atoms with Crippen LogP contribution in [-0.2, 0) is 14.2 Å². The predicted molar refractivity (Wildman–Crippen MR) is 72.2 cm³/mol. The van der Waals surface area contributed by atoms with Crippen molar-refractivity contribution >= 4 is 0 Å². The fourth-order valence-corrected chi connectivity index (χ4v) is 1.59. The standard InChI is InChI=1S/C8H18O2.C6H10O3/c9-7-5-3-1-2-4-6-8-10;1(5-3-8-5)7-2-6-4-9-6/h9-10H,1-8H2;5-6H,1-4H2. The van der Waals surface area contributed by atoms with Gasteiger partial charge in [-0.05, 0) is 12.8 Å². The van der Waals surface area contributed by atoms with Gasteiger partial charge in [-0.3, -0.25) is 0 Å². The van der Waals surface area contributed by atoms with Crippen LogP contribution in [0.3, 0.4) is 0 Å². The summed E-state index contributed by atoms with van der Waals surface area (Å²) in [5, 5.41) is 16.9. The molecule has 2 atom stereocenters. The lowest BCUT2D eigenvalue weighted by atomic mass is 10.1. The maximum absolute atomic E-state index is 8.43. The molecule has 2 rings (SSSR count). The van der Waals surface area contributed by atoms with Crippen LogP contribution in [0.5, 0.6) is 0 Å². The molecule has 0 radical (unpaired) electrons. The zero-order valence-corrected chi connectivity index (χ0v) is 11.8. The van der Waals surface area contributed by atoms with E-state index in [1.807, 2.05) is 0 Å². The fraction of sp³-hybridized carbons (Fsp3) is 1.00. The highest BCUT2D eigenvalue weighted by atomic mass is 16.6. The molecule has 5 heteroatoms. The summed E-state index contributed by atoms with van der Waals surface area (Å²) in [6.07, 6.45) is 7.29. The number of ether oxygens (including phenoxy) is 3. The van der Waals surface area contributed by atoms with Gasteiger partial charge in [0.1, 0.15) is 12.2 Å². The van der Waals surface area contributed by atoms with Crippen molar-refractivity contribution in [1.29, 1.82) is 0 Å². The van der Waals surface area contributed by atoms with Crippen molar-refractivity contribution in [3.63, 3.8) is 0 Å². The maximum atomic E-state index is 8.43. The van der Waals surface area contributed by atoms with E-state index in [0.717, 1.165) is 52.1 Å². The Morgan fingerprint density at radius 2 is 1.11 bits per heavy atom. The third-order valence-electron chi connectivity index (χ3n) is 2.98. The van der Waals surface area contributed by atoms with Gasteiger partial charge in [0.05, 0.1) is 26.4 Å². The topological polar surface area (TPSA) is 74.8 Å². The Kier molecular flexibility index (Phi) is 10.3. The molecule has 2 heterocycles. The second kappa shape index (κ2) is 11.6. The summed E-state index contributed by atoms with van der Waals surface area (Å²) in [5.41, 5.74) is 0. The molecule has 2 fully saturated rings. The number of aliphatic hydroxyl groups excluding tert-OH is 2. The Morgan fingerprint density at radius 3 is 1.42 bits per heavy atom. The molecule has 0 bridgehead atoms. The van der Waals surface area contributed by atoms with Crippen LogP contribution >= 0.6 is 0 Å². The highest BCUT2D eigenvalue weighted by Gasteiger charge is 2.26. The predicted octanol–water partition coefficient (Wildman–Crippen LogP) is 1.11. The van der Waals surface area contributed by atoms with Crippen LogP contribution < -0.4 is 0 Å². The van der Waals surface area contributed by atoms with Gasteiger partial charge in [-0.25, -0.2) is 0 Å². The van der Waals surface area contributed by atoms with Gasteiger partial charge in [0.2, 0.25) is 0 Å². The van der Waals surface area contributed by atoms with Crippen molar-refractivity contribution in [3.05, 3.63) is 0 Å². The summed E-state index contributed by atoms with van der Waals surface area (Å²) in [6.45, 7) is 3.90. The van der Waals surface area contributed by atoms with Gasteiger partial charge < -0.3 is 24.4 Å². The van der Waals surface area contributed by atoms with Gasteiger partial charge in [-0.1, -0.05) is 25.7 Å². The molecule has 0 aliphatic carbocycles. The van der Waals surface area contributed by atoms with Crippen LogP contribution in [0.25, 0.3) is 0 Å². The average molecular weight is 276 g/mol. The van der Waals surface area contributed by atoms with Crippen LogP contribution in [0.4, 0.5) is 0 Å². The van der Waals surface area contributed by atoms with Crippen molar-refractivity contribution < 1.29 is 24.4 Å². The van der Waals surface area contributed by atoms with Gasteiger partial charge in [0, 0.05) is 13.2 Å². The van der Waals surface area contributed by atoms with E-state index >= 15 is 0 Å². The average Bonchev–Trinajstić information content (AvgIpc) is 3.28. The van der Waals surface area contributed by atoms with Crippen molar-refractivity contribution in [2.24, 2.45) is 0 Å². The van der Waals surface area contributed by atoms with E-state index in [1.54, 1.807) is 0 Å². The smallest absolute Gasteiger partial charge is 0.104 e. The van der Waals surface area contributed by atoms with E-state index in [4.69, 9.17) is 24.4 Å². The van der Waals surface area contributed by atoms with Crippen molar-refractivity contribution in [2.75, 3.05) is 39.6 Å². The van der Waals surface area contributed by atoms with Crippen molar-refractivity contribution in [2.45, 2.75) is 50.7 Å². The Hall–Kier alpha value is -0.200. The first kappa shape index (κ1) is 16.9. The number of unbranched alkanes of at least 4 members (excludes halogenated alkanes) is 5. The van der Waals surface area contributed by atoms with Gasteiger partial charge in [0.25, 0.3) is 0 Å². The molecule has 114 valence electrons. The minimum atomic E-state index is 0.319. The minimum Gasteiger partial charge on any atom is -0.396 e. The van der Waals surface area contributed by atoms with Crippen LogP contribution in [-0.4, -0.2) is 62.1 Å². The third kappa shape index (κ3) is 12.6. The number of aliphatic hydroxyl groups is 2. The second-order valence-corrected chi connectivity index (χ2v) is 5.02. The number of hydrogen-bond acceptors (Lipinski definition) is 5. The van der Waals surface area contributed by atoms with Gasteiger partial charge in [-0.15, -0.1) is 0 Å². The summed E-state index contributed by atoms with van der Waals surface area (Å²) >= 11 is 0. The number of hydrogen-bond donors (Lipinski definition) is 2. The highest BCUT2D eigenvalue weighted by molar-refractivity contribution is 4.71. The van der Waals surface area contributed by atoms with Crippen molar-refractivity contribution in [3.8, 4) is 0 Å². The maximum Gasteiger partial charge on any atom is 0.104 e. The normalized spacial score (nSPS) is 23.7.